The summed E-state index contributed by atoms with van der Waals surface area (Å²) in [5.74, 6) is -0.265. The van der Waals surface area contributed by atoms with E-state index in [2.05, 4.69) is 40.3 Å². The third kappa shape index (κ3) is 10.1. The molecule has 0 amide bonds. The van der Waals surface area contributed by atoms with Gasteiger partial charge in [0.05, 0.1) is 37.4 Å². The molecule has 438 valence electrons. The minimum absolute atomic E-state index is 0.0505. The Hall–Kier alpha value is -2.30. The Balaban J connectivity index is 0.859. The molecule has 8 fully saturated rings. The van der Waals surface area contributed by atoms with Gasteiger partial charge < -0.3 is 98.1 Å². The molecular formula is C55H86O22. The van der Waals surface area contributed by atoms with E-state index in [1.807, 2.05) is 13.8 Å². The average Bonchev–Trinajstić information content (AvgIpc) is 3.66. The number of esters is 2. The summed E-state index contributed by atoms with van der Waals surface area (Å²) in [5, 5.41) is 98.6. The fourth-order valence-electron chi connectivity index (χ4n) is 16.2. The van der Waals surface area contributed by atoms with E-state index < -0.39 is 158 Å². The van der Waals surface area contributed by atoms with Crippen LogP contribution >= 0.6 is 0 Å². The van der Waals surface area contributed by atoms with Crippen molar-refractivity contribution in [3.05, 3.63) is 23.8 Å². The summed E-state index contributed by atoms with van der Waals surface area (Å²) in [6.07, 6.45) is -19.0. The molecule has 3 saturated carbocycles. The maximum atomic E-state index is 14.6. The molecule has 22 nitrogen and oxygen atoms in total. The van der Waals surface area contributed by atoms with Gasteiger partial charge in [-0.3, -0.25) is 9.59 Å². The van der Waals surface area contributed by atoms with Crippen LogP contribution in [0.25, 0.3) is 0 Å². The Morgan fingerprint density at radius 1 is 0.727 bits per heavy atom. The lowest BCUT2D eigenvalue weighted by atomic mass is 9.41. The fourth-order valence-corrected chi connectivity index (χ4v) is 16.2. The average molecular weight is 1100 g/mol. The monoisotopic (exact) mass is 1100 g/mol. The summed E-state index contributed by atoms with van der Waals surface area (Å²) in [6.45, 7) is 18.5. The van der Waals surface area contributed by atoms with Crippen molar-refractivity contribution < 1.29 is 108 Å². The highest BCUT2D eigenvalue weighted by atomic mass is 16.8. The van der Waals surface area contributed by atoms with Gasteiger partial charge in [0.15, 0.2) is 25.2 Å². The van der Waals surface area contributed by atoms with Gasteiger partial charge in [-0.25, -0.2) is 0 Å². The van der Waals surface area contributed by atoms with Crippen molar-refractivity contribution in [1.82, 2.24) is 0 Å². The minimum atomic E-state index is -1.83. The molecule has 0 aromatic carbocycles. The maximum Gasteiger partial charge on any atom is 0.313 e. The van der Waals surface area contributed by atoms with Crippen molar-refractivity contribution in [2.45, 2.75) is 242 Å². The summed E-state index contributed by atoms with van der Waals surface area (Å²) >= 11 is 0. The van der Waals surface area contributed by atoms with E-state index in [1.165, 1.54) is 26.5 Å². The first-order chi connectivity index (χ1) is 36.2. The van der Waals surface area contributed by atoms with Gasteiger partial charge in [0.25, 0.3) is 0 Å². The number of aliphatic hydroxyl groups is 9. The molecule has 77 heavy (non-hydrogen) atoms. The standard InChI is InChI=1S/C55H86O22/c1-24(2)19-27(71-26(4)57)20-54(9)34-14-17-53(8)29-11-12-33-51(5,6)35(15-16-52(33,7)28(29)13-18-55(34,53)50(66)77-54)73-49-45(36(60)30(58)22-69-49)76-47-39(63)38(62)42(25(3)70-47)74-46-40(64)43(31(59)23-68-46)75-48-41(65)44(67-10)37(61)32(21-56)72-48/h11,25,27-28,30-49,56,58-65H,1,12-23H2,2-10H3/t25-,27+,28-,30+,31-,32-,33+,34-,35+,36+,37-,38+,39-,40-,41-,42-,43+,44+,45-,46+,47+,48+,49+,52-,53+,54+,55-/m1/s1. The largest absolute Gasteiger partial charge is 0.462 e. The van der Waals surface area contributed by atoms with E-state index in [4.69, 9.17) is 52.1 Å². The number of rotatable bonds is 15. The fraction of sp³-hybridized carbons (Fsp3) is 0.891. The van der Waals surface area contributed by atoms with Gasteiger partial charge in [-0.2, -0.15) is 0 Å². The first kappa shape index (κ1) is 59.3. The first-order valence-electron chi connectivity index (χ1n) is 27.7. The SMILES string of the molecule is C=C(C)C[C@@H](C[C@]1(C)OC(=O)[C@]23CC[C@@H]4C(=CC[C@H]5C(C)(C)[C@@H](O[C@@H]6OC[C@H](O)[C@H](O)[C@H]6O[C@@H]6O[C@H](C)[C@@H](O[C@@H]7OC[C@@H](O)[C@H](O[C@@H]8O[C@H](CO)[C@@H](O)[C@H](OC)[C@H]8O)[C@H]7O)[C@@H](O)[C@H]6O)CC[C@]45C)[C@]2(C)CC[C@@H]31)OC(C)=O. The third-order valence-electron chi connectivity index (χ3n) is 20.1. The highest BCUT2D eigenvalue weighted by Crippen LogP contribution is 2.76. The molecule has 1 spiro atoms. The predicted octanol–water partition coefficient (Wildman–Crippen LogP) is 0.793. The third-order valence-corrected chi connectivity index (χ3v) is 20.1. The topological polar surface area (TPSA) is 318 Å². The normalized spacial score (nSPS) is 50.8. The minimum Gasteiger partial charge on any atom is -0.462 e. The highest BCUT2D eigenvalue weighted by molar-refractivity contribution is 5.83. The molecular weight excluding hydrogens is 1010 g/mol. The maximum absolute atomic E-state index is 14.6. The number of cyclic esters (lactones) is 1. The molecule has 5 saturated heterocycles. The molecule has 9 rings (SSSR count). The van der Waals surface area contributed by atoms with Gasteiger partial charge in [-0.05, 0) is 88.4 Å². The van der Waals surface area contributed by atoms with E-state index in [1.54, 1.807) is 0 Å². The van der Waals surface area contributed by atoms with E-state index in [9.17, 15) is 55.5 Å². The molecule has 5 heterocycles. The number of hydrogen-bond donors (Lipinski definition) is 9. The summed E-state index contributed by atoms with van der Waals surface area (Å²) in [6, 6.07) is 0. The molecule has 0 aromatic heterocycles. The van der Waals surface area contributed by atoms with Crippen molar-refractivity contribution in [2.24, 2.45) is 39.4 Å². The van der Waals surface area contributed by atoms with Crippen LogP contribution < -0.4 is 0 Å². The van der Waals surface area contributed by atoms with E-state index in [0.29, 0.717) is 25.7 Å². The van der Waals surface area contributed by atoms with Crippen molar-refractivity contribution in [2.75, 3.05) is 26.9 Å². The number of fused-ring (bicyclic) bond motifs is 4. The molecule has 0 aromatic rings. The van der Waals surface area contributed by atoms with Gasteiger partial charge in [0.1, 0.15) is 91.1 Å². The van der Waals surface area contributed by atoms with Gasteiger partial charge in [-0.1, -0.05) is 44.9 Å². The van der Waals surface area contributed by atoms with Crippen LogP contribution in [0.2, 0.25) is 0 Å². The van der Waals surface area contributed by atoms with Crippen LogP contribution in [0.1, 0.15) is 113 Å². The van der Waals surface area contributed by atoms with Crippen LogP contribution in [-0.4, -0.2) is 213 Å². The van der Waals surface area contributed by atoms with Crippen molar-refractivity contribution >= 4 is 11.9 Å². The lowest BCUT2D eigenvalue weighted by Crippen LogP contribution is -2.65. The van der Waals surface area contributed by atoms with Crippen LogP contribution in [0, 0.1) is 39.4 Å². The number of aliphatic hydroxyl groups excluding tert-OH is 9. The number of carbonyl (C=O) groups excluding carboxylic acids is 2. The van der Waals surface area contributed by atoms with Gasteiger partial charge in [0, 0.05) is 38.2 Å². The Labute approximate surface area is 450 Å². The lowest BCUT2D eigenvalue weighted by Gasteiger charge is -2.64. The Morgan fingerprint density at radius 3 is 2.05 bits per heavy atom. The molecule has 4 aliphatic carbocycles. The van der Waals surface area contributed by atoms with E-state index in [-0.39, 0.29) is 41.7 Å². The quantitative estimate of drug-likeness (QED) is 0.0809. The van der Waals surface area contributed by atoms with Crippen LogP contribution in [0.15, 0.2) is 23.8 Å². The molecule has 9 N–H and O–H groups in total. The van der Waals surface area contributed by atoms with Gasteiger partial charge in [0.2, 0.25) is 0 Å². The smallest absolute Gasteiger partial charge is 0.313 e. The molecule has 5 aliphatic heterocycles. The van der Waals surface area contributed by atoms with Crippen LogP contribution in [0.5, 0.6) is 0 Å². The zero-order valence-corrected chi connectivity index (χ0v) is 45.9. The Bertz CT molecular complexity index is 2160. The summed E-state index contributed by atoms with van der Waals surface area (Å²) < 4.78 is 65.6. The zero-order valence-electron chi connectivity index (χ0n) is 45.9. The van der Waals surface area contributed by atoms with Crippen molar-refractivity contribution in [3.63, 3.8) is 0 Å². The summed E-state index contributed by atoms with van der Waals surface area (Å²) in [7, 11) is 1.23. The van der Waals surface area contributed by atoms with Gasteiger partial charge in [-0.15, -0.1) is 6.58 Å². The van der Waals surface area contributed by atoms with Crippen LogP contribution in [0.4, 0.5) is 0 Å². The second-order valence-corrected chi connectivity index (χ2v) is 25.1. The van der Waals surface area contributed by atoms with Crippen LogP contribution in [0.3, 0.4) is 0 Å². The predicted molar refractivity (Wildman–Crippen MR) is 265 cm³/mol. The molecule has 0 unspecified atom stereocenters. The van der Waals surface area contributed by atoms with E-state index in [0.717, 1.165) is 37.7 Å². The number of carbonyl (C=O) groups is 2. The lowest BCUT2D eigenvalue weighted by molar-refractivity contribution is -0.382. The highest BCUT2D eigenvalue weighted by Gasteiger charge is 2.76. The van der Waals surface area contributed by atoms with Gasteiger partial charge >= 0.3 is 11.9 Å². The number of methoxy groups -OCH3 is 1. The molecule has 9 aliphatic rings. The Kier molecular flexibility index (Phi) is 17.0. The second-order valence-electron chi connectivity index (χ2n) is 25.1. The Morgan fingerprint density at radius 2 is 1.38 bits per heavy atom. The summed E-state index contributed by atoms with van der Waals surface area (Å²) in [5.41, 5.74) is -0.365. The molecule has 0 radical (unpaired) electrons. The van der Waals surface area contributed by atoms with Crippen molar-refractivity contribution in [3.8, 4) is 0 Å². The second kappa shape index (κ2) is 22.1. The number of hydrogen-bond acceptors (Lipinski definition) is 22. The molecule has 27 atom stereocenters. The van der Waals surface area contributed by atoms with E-state index >= 15 is 0 Å². The van der Waals surface area contributed by atoms with Crippen molar-refractivity contribution in [1.29, 1.82) is 0 Å². The number of ether oxygens (including phenoxy) is 11. The first-order valence-corrected chi connectivity index (χ1v) is 27.7. The molecule has 0 bridgehead atoms. The number of allylic oxidation sites excluding steroid dienone is 2. The molecule has 22 heteroatoms. The summed E-state index contributed by atoms with van der Waals surface area (Å²) in [4.78, 5) is 26.7. The zero-order chi connectivity index (χ0) is 56.1. The van der Waals surface area contributed by atoms with Crippen LogP contribution in [-0.2, 0) is 61.7 Å².